The summed E-state index contributed by atoms with van der Waals surface area (Å²) in [5.74, 6) is -1.12. The van der Waals surface area contributed by atoms with E-state index in [2.05, 4.69) is 9.97 Å². The third-order valence-electron chi connectivity index (χ3n) is 2.34. The average Bonchev–Trinajstić information content (AvgIpc) is 2.39. The normalized spacial score (nSPS) is 12.1. The van der Waals surface area contributed by atoms with Crippen molar-refractivity contribution in [1.82, 2.24) is 9.97 Å². The van der Waals surface area contributed by atoms with Crippen LogP contribution in [0.2, 0.25) is 0 Å². The highest BCUT2D eigenvalue weighted by Gasteiger charge is 2.07. The number of aromatic carboxylic acids is 1. The summed E-state index contributed by atoms with van der Waals surface area (Å²) in [7, 11) is -1.04. The van der Waals surface area contributed by atoms with E-state index in [1.54, 1.807) is 30.5 Å². The highest BCUT2D eigenvalue weighted by Crippen LogP contribution is 2.18. The lowest BCUT2D eigenvalue weighted by atomic mass is 10.1. The predicted molar refractivity (Wildman–Crippen MR) is 66.8 cm³/mol. The first kappa shape index (κ1) is 12.4. The molecule has 2 rings (SSSR count). The quantitative estimate of drug-likeness (QED) is 0.908. The van der Waals surface area contributed by atoms with Crippen molar-refractivity contribution in [3.63, 3.8) is 0 Å². The molecule has 1 unspecified atom stereocenters. The topological polar surface area (TPSA) is 80.2 Å². The SMILES string of the molecule is CS(=O)c1ccc(-c2cncc(C(=O)O)n2)cc1. The molecule has 2 aromatic rings. The molecule has 6 heteroatoms. The van der Waals surface area contributed by atoms with Gasteiger partial charge in [0.2, 0.25) is 0 Å². The van der Waals surface area contributed by atoms with Crippen LogP contribution < -0.4 is 0 Å². The van der Waals surface area contributed by atoms with Gasteiger partial charge in [0.1, 0.15) is 0 Å². The van der Waals surface area contributed by atoms with Crippen LogP contribution in [0.1, 0.15) is 10.5 Å². The second kappa shape index (κ2) is 5.05. The lowest BCUT2D eigenvalue weighted by molar-refractivity contribution is 0.0690. The van der Waals surface area contributed by atoms with Crippen molar-refractivity contribution in [1.29, 1.82) is 0 Å². The molecule has 0 radical (unpaired) electrons. The summed E-state index contributed by atoms with van der Waals surface area (Å²) in [6.07, 6.45) is 4.28. The third-order valence-corrected chi connectivity index (χ3v) is 3.27. The van der Waals surface area contributed by atoms with Crippen molar-refractivity contribution in [2.45, 2.75) is 4.90 Å². The van der Waals surface area contributed by atoms with Crippen LogP contribution in [0.4, 0.5) is 0 Å². The molecule has 0 aliphatic rings. The van der Waals surface area contributed by atoms with Gasteiger partial charge in [0.15, 0.2) is 5.69 Å². The molecule has 0 aliphatic carbocycles. The second-order valence-electron chi connectivity index (χ2n) is 3.57. The highest BCUT2D eigenvalue weighted by molar-refractivity contribution is 7.84. The van der Waals surface area contributed by atoms with Gasteiger partial charge in [-0.2, -0.15) is 0 Å². The fourth-order valence-electron chi connectivity index (χ4n) is 1.43. The summed E-state index contributed by atoms with van der Waals surface area (Å²) in [6, 6.07) is 6.93. The zero-order chi connectivity index (χ0) is 13.1. The fourth-order valence-corrected chi connectivity index (χ4v) is 1.94. The number of benzene rings is 1. The van der Waals surface area contributed by atoms with Gasteiger partial charge in [-0.3, -0.25) is 9.19 Å². The van der Waals surface area contributed by atoms with Crippen LogP contribution in [0.15, 0.2) is 41.6 Å². The Morgan fingerprint density at radius 3 is 2.44 bits per heavy atom. The Hall–Kier alpha value is -2.08. The number of carboxylic acids is 1. The molecule has 5 nitrogen and oxygen atoms in total. The Balaban J connectivity index is 2.39. The molecule has 1 heterocycles. The van der Waals surface area contributed by atoms with E-state index in [4.69, 9.17) is 5.11 Å². The van der Waals surface area contributed by atoms with Crippen LogP contribution in [0.5, 0.6) is 0 Å². The maximum Gasteiger partial charge on any atom is 0.356 e. The molecule has 0 saturated heterocycles. The molecule has 0 amide bonds. The van der Waals surface area contributed by atoms with Crippen molar-refractivity contribution in [3.05, 3.63) is 42.4 Å². The molecular weight excluding hydrogens is 252 g/mol. The number of carbonyl (C=O) groups is 1. The maximum atomic E-state index is 11.2. The molecule has 0 aliphatic heterocycles. The summed E-state index contributed by atoms with van der Waals surface area (Å²) in [4.78, 5) is 19.3. The van der Waals surface area contributed by atoms with E-state index in [1.165, 1.54) is 12.4 Å². The molecule has 18 heavy (non-hydrogen) atoms. The van der Waals surface area contributed by atoms with Gasteiger partial charge in [0.25, 0.3) is 0 Å². The number of rotatable bonds is 3. The van der Waals surface area contributed by atoms with Crippen LogP contribution >= 0.6 is 0 Å². The smallest absolute Gasteiger partial charge is 0.356 e. The van der Waals surface area contributed by atoms with Crippen LogP contribution in [0.3, 0.4) is 0 Å². The van der Waals surface area contributed by atoms with E-state index in [0.717, 1.165) is 5.56 Å². The summed E-state index contributed by atoms with van der Waals surface area (Å²) < 4.78 is 11.2. The summed E-state index contributed by atoms with van der Waals surface area (Å²) >= 11 is 0. The van der Waals surface area contributed by atoms with Gasteiger partial charge >= 0.3 is 5.97 Å². The summed E-state index contributed by atoms with van der Waals surface area (Å²) in [5, 5.41) is 8.83. The van der Waals surface area contributed by atoms with Gasteiger partial charge in [0.05, 0.1) is 18.1 Å². The van der Waals surface area contributed by atoms with E-state index >= 15 is 0 Å². The molecule has 0 bridgehead atoms. The Kier molecular flexibility index (Phi) is 3.47. The lowest BCUT2D eigenvalue weighted by Gasteiger charge is -2.02. The number of hydrogen-bond acceptors (Lipinski definition) is 4. The number of hydrogen-bond donors (Lipinski definition) is 1. The van der Waals surface area contributed by atoms with Crippen LogP contribution in [0.25, 0.3) is 11.3 Å². The molecule has 1 aromatic heterocycles. The van der Waals surface area contributed by atoms with Gasteiger partial charge in [-0.25, -0.2) is 9.78 Å². The number of carboxylic acid groups (broad SMARTS) is 1. The standard InChI is InChI=1S/C12H10N2O3S/c1-18(17)9-4-2-8(3-5-9)10-6-13-7-11(14-10)12(15)16/h2-7H,1H3,(H,15,16). The van der Waals surface area contributed by atoms with Gasteiger partial charge in [0, 0.05) is 27.5 Å². The van der Waals surface area contributed by atoms with Crippen LogP contribution in [-0.4, -0.2) is 31.5 Å². The van der Waals surface area contributed by atoms with Crippen molar-refractivity contribution in [3.8, 4) is 11.3 Å². The van der Waals surface area contributed by atoms with Crippen molar-refractivity contribution < 1.29 is 14.1 Å². The van der Waals surface area contributed by atoms with E-state index < -0.39 is 16.8 Å². The predicted octanol–water partition coefficient (Wildman–Crippen LogP) is 1.58. The Labute approximate surface area is 106 Å². The second-order valence-corrected chi connectivity index (χ2v) is 4.95. The third kappa shape index (κ3) is 2.60. The van der Waals surface area contributed by atoms with Gasteiger partial charge in [-0.1, -0.05) is 12.1 Å². The first-order valence-electron chi connectivity index (χ1n) is 5.07. The molecule has 92 valence electrons. The average molecular weight is 262 g/mol. The molecule has 1 atom stereocenters. The van der Waals surface area contributed by atoms with E-state index in [1.807, 2.05) is 0 Å². The molecule has 0 spiro atoms. The van der Waals surface area contributed by atoms with Crippen molar-refractivity contribution in [2.75, 3.05) is 6.26 Å². The lowest BCUT2D eigenvalue weighted by Crippen LogP contribution is -2.02. The van der Waals surface area contributed by atoms with Crippen LogP contribution in [-0.2, 0) is 10.8 Å². The largest absolute Gasteiger partial charge is 0.476 e. The van der Waals surface area contributed by atoms with Crippen molar-refractivity contribution >= 4 is 16.8 Å². The van der Waals surface area contributed by atoms with Gasteiger partial charge in [-0.15, -0.1) is 0 Å². The van der Waals surface area contributed by atoms with E-state index in [-0.39, 0.29) is 5.69 Å². The number of nitrogens with zero attached hydrogens (tertiary/aromatic N) is 2. The first-order chi connectivity index (χ1) is 8.58. The first-order valence-corrected chi connectivity index (χ1v) is 6.63. The van der Waals surface area contributed by atoms with Gasteiger partial charge in [-0.05, 0) is 12.1 Å². The van der Waals surface area contributed by atoms with E-state index in [0.29, 0.717) is 10.6 Å². The fraction of sp³-hybridized carbons (Fsp3) is 0.0833. The maximum absolute atomic E-state index is 11.2. The molecular formula is C12H10N2O3S. The Morgan fingerprint density at radius 2 is 1.89 bits per heavy atom. The molecule has 1 aromatic carbocycles. The summed E-state index contributed by atoms with van der Waals surface area (Å²) in [5.41, 5.74) is 1.11. The van der Waals surface area contributed by atoms with Gasteiger partial charge < -0.3 is 5.11 Å². The summed E-state index contributed by atoms with van der Waals surface area (Å²) in [6.45, 7) is 0. The minimum Gasteiger partial charge on any atom is -0.476 e. The molecule has 1 N–H and O–H groups in total. The van der Waals surface area contributed by atoms with Crippen LogP contribution in [0, 0.1) is 0 Å². The molecule has 0 fully saturated rings. The minimum absolute atomic E-state index is 0.101. The van der Waals surface area contributed by atoms with E-state index in [9.17, 15) is 9.00 Å². The Morgan fingerprint density at radius 1 is 1.22 bits per heavy atom. The van der Waals surface area contributed by atoms with Crippen molar-refractivity contribution in [2.24, 2.45) is 0 Å². The Bertz CT molecular complexity index is 611. The highest BCUT2D eigenvalue weighted by atomic mass is 32.2. The molecule has 0 saturated carbocycles. The number of aromatic nitrogens is 2. The zero-order valence-electron chi connectivity index (χ0n) is 9.53. The zero-order valence-corrected chi connectivity index (χ0v) is 10.3. The monoisotopic (exact) mass is 262 g/mol. The minimum atomic E-state index is -1.12.